The summed E-state index contributed by atoms with van der Waals surface area (Å²) in [7, 11) is 1.61. The number of hydrogen-bond acceptors (Lipinski definition) is 5. The summed E-state index contributed by atoms with van der Waals surface area (Å²) in [5, 5.41) is 3.74. The molecule has 0 unspecified atom stereocenters. The molecule has 3 aromatic carbocycles. The van der Waals surface area contributed by atoms with Gasteiger partial charge in [-0.25, -0.2) is 9.38 Å². The van der Waals surface area contributed by atoms with E-state index >= 15 is 0 Å². The Hall–Kier alpha value is -4.13. The number of fused-ring (bicyclic) bond motifs is 2. The van der Waals surface area contributed by atoms with E-state index in [1.54, 1.807) is 7.11 Å². The van der Waals surface area contributed by atoms with E-state index in [1.807, 2.05) is 30.3 Å². The molecule has 7 heteroatoms. The van der Waals surface area contributed by atoms with Crippen molar-refractivity contribution in [1.82, 2.24) is 0 Å². The van der Waals surface area contributed by atoms with Crippen molar-refractivity contribution in [3.05, 3.63) is 88.7 Å². The molecular weight excluding hydrogens is 457 g/mol. The van der Waals surface area contributed by atoms with Crippen LogP contribution >= 0.6 is 0 Å². The third-order valence-electron chi connectivity index (χ3n) is 6.88. The predicted octanol–water partition coefficient (Wildman–Crippen LogP) is 5.76. The molecule has 0 bridgehead atoms. The molecule has 0 saturated carbocycles. The number of benzene rings is 3. The topological polar surface area (TPSA) is 67.1 Å². The van der Waals surface area contributed by atoms with Crippen molar-refractivity contribution >= 4 is 33.9 Å². The van der Waals surface area contributed by atoms with E-state index in [0.717, 1.165) is 55.5 Å². The maximum Gasteiger partial charge on any atom is 0.261 e. The van der Waals surface area contributed by atoms with E-state index in [2.05, 4.69) is 16.3 Å². The van der Waals surface area contributed by atoms with Crippen LogP contribution in [0.4, 0.5) is 21.5 Å². The van der Waals surface area contributed by atoms with Gasteiger partial charge in [-0.1, -0.05) is 0 Å². The maximum absolute atomic E-state index is 13.4. The third kappa shape index (κ3) is 4.11. The Labute approximate surface area is 208 Å². The largest absolute Gasteiger partial charge is 0.497 e. The minimum absolute atomic E-state index is 0.233. The zero-order valence-corrected chi connectivity index (χ0v) is 20.0. The molecule has 0 saturated heterocycles. The molecule has 2 aliphatic heterocycles. The van der Waals surface area contributed by atoms with Gasteiger partial charge in [-0.15, -0.1) is 0 Å². The van der Waals surface area contributed by atoms with E-state index in [9.17, 15) is 9.18 Å². The fourth-order valence-electron chi connectivity index (χ4n) is 5.20. The van der Waals surface area contributed by atoms with Crippen LogP contribution in [0, 0.1) is 5.82 Å². The van der Waals surface area contributed by atoms with E-state index in [4.69, 9.17) is 14.1 Å². The summed E-state index contributed by atoms with van der Waals surface area (Å²) in [6, 6.07) is 17.0. The fraction of sp³-hybridized carbons (Fsp3) is 0.241. The first kappa shape index (κ1) is 22.3. The number of hydrogen-bond donors (Lipinski definition) is 1. The van der Waals surface area contributed by atoms with Gasteiger partial charge < -0.3 is 19.4 Å². The summed E-state index contributed by atoms with van der Waals surface area (Å²) in [5.74, 6) is -0.0148. The summed E-state index contributed by atoms with van der Waals surface area (Å²) in [4.78, 5) is 20.6. The van der Waals surface area contributed by atoms with Gasteiger partial charge in [0.2, 0.25) is 5.55 Å². The van der Waals surface area contributed by atoms with Gasteiger partial charge in [0.25, 0.3) is 5.91 Å². The summed E-state index contributed by atoms with van der Waals surface area (Å²) < 4.78 is 25.1. The molecule has 3 heterocycles. The van der Waals surface area contributed by atoms with Crippen LogP contribution in [0.2, 0.25) is 0 Å². The lowest BCUT2D eigenvalue weighted by molar-refractivity contribution is 0.102. The van der Waals surface area contributed by atoms with Gasteiger partial charge in [-0.2, -0.15) is 0 Å². The number of halogens is 1. The highest BCUT2D eigenvalue weighted by Gasteiger charge is 2.27. The molecule has 6 nitrogen and oxygen atoms in total. The molecule has 6 rings (SSSR count). The number of ether oxygens (including phenoxy) is 1. The molecule has 1 amide bonds. The first-order chi connectivity index (χ1) is 17.6. The average molecular weight is 484 g/mol. The Kier molecular flexibility index (Phi) is 5.68. The summed E-state index contributed by atoms with van der Waals surface area (Å²) in [6.07, 6.45) is 4.14. The number of methoxy groups -OCH3 is 1. The number of carbonyl (C=O) groups is 1. The number of aryl methyl sites for hydroxylation is 2. The van der Waals surface area contributed by atoms with Crippen molar-refractivity contribution < 1.29 is 18.3 Å². The Morgan fingerprint density at radius 1 is 1.03 bits per heavy atom. The van der Waals surface area contributed by atoms with E-state index < -0.39 is 0 Å². The second-order valence-corrected chi connectivity index (χ2v) is 9.21. The first-order valence-electron chi connectivity index (χ1n) is 12.2. The lowest BCUT2D eigenvalue weighted by atomic mass is 9.90. The van der Waals surface area contributed by atoms with E-state index in [1.165, 1.54) is 41.1 Å². The Morgan fingerprint density at radius 2 is 1.78 bits per heavy atom. The monoisotopic (exact) mass is 483 g/mol. The van der Waals surface area contributed by atoms with Crippen LogP contribution in [0.1, 0.15) is 34.3 Å². The molecule has 4 aromatic rings. The van der Waals surface area contributed by atoms with Crippen LogP contribution in [0.3, 0.4) is 0 Å². The van der Waals surface area contributed by atoms with Crippen molar-refractivity contribution in [2.75, 3.05) is 30.4 Å². The second kappa shape index (κ2) is 9.15. The second-order valence-electron chi connectivity index (χ2n) is 9.21. The van der Waals surface area contributed by atoms with Crippen LogP contribution in [-0.2, 0) is 12.8 Å². The van der Waals surface area contributed by atoms with Crippen molar-refractivity contribution in [3.63, 3.8) is 0 Å². The molecule has 2 aliphatic rings. The number of rotatable bonds is 4. The van der Waals surface area contributed by atoms with Crippen molar-refractivity contribution in [2.24, 2.45) is 4.99 Å². The molecule has 0 spiro atoms. The lowest BCUT2D eigenvalue weighted by Gasteiger charge is -2.37. The lowest BCUT2D eigenvalue weighted by Crippen LogP contribution is -2.34. The maximum atomic E-state index is 13.4. The standard InChI is InChI=1S/C29H26FN3O3/c1-35-23-12-10-22(11-13-23)32-29-25(28(34)31-21-8-6-20(30)7-9-21)17-19-16-18-4-2-14-33-15-3-5-24(26(18)33)27(19)36-29/h6-13,16-17H,2-5,14-15H2,1H3,(H,31,34). The first-order valence-corrected chi connectivity index (χ1v) is 12.2. The van der Waals surface area contributed by atoms with Gasteiger partial charge in [-0.05, 0) is 91.9 Å². The normalized spacial score (nSPS) is 15.1. The summed E-state index contributed by atoms with van der Waals surface area (Å²) in [5.41, 5.74) is 6.27. The number of amides is 1. The number of carbonyl (C=O) groups excluding carboxylic acids is 1. The SMILES string of the molecule is COc1ccc(N=c2oc3c4c5c(cc3cc2C(=O)Nc2ccc(F)cc2)CCCN5CCC4)cc1. The van der Waals surface area contributed by atoms with Gasteiger partial charge in [-0.3, -0.25) is 4.79 Å². The highest BCUT2D eigenvalue weighted by Crippen LogP contribution is 2.39. The molecular formula is C29H26FN3O3. The van der Waals surface area contributed by atoms with Crippen LogP contribution in [-0.4, -0.2) is 26.1 Å². The van der Waals surface area contributed by atoms with Gasteiger partial charge in [0, 0.05) is 35.4 Å². The van der Waals surface area contributed by atoms with Crippen LogP contribution < -0.4 is 20.5 Å². The third-order valence-corrected chi connectivity index (χ3v) is 6.88. The van der Waals surface area contributed by atoms with Crippen LogP contribution in [0.15, 0.2) is 70.1 Å². The van der Waals surface area contributed by atoms with Gasteiger partial charge in [0.15, 0.2) is 0 Å². The molecule has 182 valence electrons. The Morgan fingerprint density at radius 3 is 2.53 bits per heavy atom. The predicted molar refractivity (Wildman–Crippen MR) is 138 cm³/mol. The van der Waals surface area contributed by atoms with Gasteiger partial charge in [0.05, 0.1) is 12.8 Å². The van der Waals surface area contributed by atoms with Gasteiger partial charge in [0.1, 0.15) is 22.7 Å². The van der Waals surface area contributed by atoms with Crippen molar-refractivity contribution in [3.8, 4) is 5.75 Å². The Bertz CT molecular complexity index is 1520. The Balaban J connectivity index is 1.53. The fourth-order valence-corrected chi connectivity index (χ4v) is 5.20. The minimum Gasteiger partial charge on any atom is -0.497 e. The molecule has 36 heavy (non-hydrogen) atoms. The highest BCUT2D eigenvalue weighted by atomic mass is 19.1. The van der Waals surface area contributed by atoms with E-state index in [0.29, 0.717) is 16.9 Å². The molecule has 0 fully saturated rings. The average Bonchev–Trinajstić information content (AvgIpc) is 2.91. The number of anilines is 2. The van der Waals surface area contributed by atoms with Crippen molar-refractivity contribution in [2.45, 2.75) is 25.7 Å². The van der Waals surface area contributed by atoms with Gasteiger partial charge >= 0.3 is 0 Å². The quantitative estimate of drug-likeness (QED) is 0.401. The molecule has 0 aliphatic carbocycles. The molecule has 1 aromatic heterocycles. The zero-order chi connectivity index (χ0) is 24.6. The molecule has 1 N–H and O–H groups in total. The number of nitrogens with one attached hydrogen (secondary N) is 1. The molecule has 0 radical (unpaired) electrons. The summed E-state index contributed by atoms with van der Waals surface area (Å²) >= 11 is 0. The van der Waals surface area contributed by atoms with E-state index in [-0.39, 0.29) is 17.3 Å². The zero-order valence-electron chi connectivity index (χ0n) is 20.0. The molecule has 0 atom stereocenters. The minimum atomic E-state index is -0.368. The van der Waals surface area contributed by atoms with Crippen LogP contribution in [0.25, 0.3) is 11.0 Å². The van der Waals surface area contributed by atoms with Crippen LogP contribution in [0.5, 0.6) is 5.75 Å². The number of nitrogens with zero attached hydrogens (tertiary/aromatic N) is 2. The highest BCUT2D eigenvalue weighted by molar-refractivity contribution is 6.06. The summed E-state index contributed by atoms with van der Waals surface area (Å²) in [6.45, 7) is 2.12. The smallest absolute Gasteiger partial charge is 0.261 e. The van der Waals surface area contributed by atoms with Crippen molar-refractivity contribution in [1.29, 1.82) is 0 Å².